The van der Waals surface area contributed by atoms with E-state index in [1.807, 2.05) is 48.5 Å². The monoisotopic (exact) mass is 666 g/mol. The van der Waals surface area contributed by atoms with E-state index in [2.05, 4.69) is 30.5 Å². The van der Waals surface area contributed by atoms with E-state index in [4.69, 9.17) is 58.0 Å². The molecule has 13 heteroatoms. The number of rotatable bonds is 5. The lowest BCUT2D eigenvalue weighted by molar-refractivity contribution is 0.926. The van der Waals surface area contributed by atoms with E-state index in [0.29, 0.717) is 43.1 Å². The summed E-state index contributed by atoms with van der Waals surface area (Å²) in [5.74, 6) is 0.817. The van der Waals surface area contributed by atoms with Gasteiger partial charge in [0.1, 0.15) is 11.0 Å². The highest BCUT2D eigenvalue weighted by Gasteiger charge is 2.13. The largest absolute Gasteiger partial charge is 0.366 e. The van der Waals surface area contributed by atoms with Crippen LogP contribution in [-0.4, -0.2) is 34.2 Å². The molecule has 43 heavy (non-hydrogen) atoms. The Morgan fingerprint density at radius 1 is 0.605 bits per heavy atom. The molecule has 8 nitrogen and oxygen atoms in total. The molecule has 0 fully saturated rings. The van der Waals surface area contributed by atoms with Gasteiger partial charge in [-0.2, -0.15) is 14.7 Å². The highest BCUT2D eigenvalue weighted by molar-refractivity contribution is 6.44. The number of aromatic nitrogens is 7. The molecule has 5 aromatic heterocycles. The van der Waals surface area contributed by atoms with E-state index in [0.717, 1.165) is 33.8 Å². The molecule has 0 radical (unpaired) electrons. The minimum absolute atomic E-state index is 0.464. The van der Waals surface area contributed by atoms with Crippen LogP contribution in [0.25, 0.3) is 33.8 Å². The second-order valence-electron chi connectivity index (χ2n) is 9.10. The summed E-state index contributed by atoms with van der Waals surface area (Å²) in [5.41, 5.74) is 5.44. The number of nitrogens with zero attached hydrogens (tertiary/aromatic N) is 7. The maximum Gasteiger partial charge on any atom is 0.157 e. The number of hydrogen-bond acceptors (Lipinski definition) is 6. The molecule has 0 bridgehead atoms. The molecule has 0 saturated heterocycles. The van der Waals surface area contributed by atoms with E-state index in [9.17, 15) is 0 Å². The molecule has 5 heterocycles. The first kappa shape index (κ1) is 29.2. The number of pyridine rings is 1. The van der Waals surface area contributed by atoms with Gasteiger partial charge in [0, 0.05) is 54.3 Å². The van der Waals surface area contributed by atoms with Crippen LogP contribution in [-0.2, 0) is 6.54 Å². The summed E-state index contributed by atoms with van der Waals surface area (Å²) < 4.78 is 3.30. The van der Waals surface area contributed by atoms with E-state index in [1.54, 1.807) is 58.1 Å². The lowest BCUT2D eigenvalue weighted by atomic mass is 10.1. The summed E-state index contributed by atoms with van der Waals surface area (Å²) >= 11 is 30.8. The zero-order chi connectivity index (χ0) is 29.9. The number of hydrogen-bond donors (Lipinski definition) is 1. The van der Waals surface area contributed by atoms with Crippen molar-refractivity contribution in [2.75, 3.05) is 5.32 Å². The molecule has 214 valence electrons. The number of benzene rings is 2. The third-order valence-corrected chi connectivity index (χ3v) is 8.26. The van der Waals surface area contributed by atoms with Gasteiger partial charge in [0.15, 0.2) is 11.3 Å². The van der Waals surface area contributed by atoms with Crippen molar-refractivity contribution in [3.63, 3.8) is 0 Å². The van der Waals surface area contributed by atoms with Crippen molar-refractivity contribution >= 4 is 75.1 Å². The van der Waals surface area contributed by atoms with E-state index in [1.165, 1.54) is 0 Å². The second kappa shape index (κ2) is 12.8. The molecule has 1 N–H and O–H groups in total. The van der Waals surface area contributed by atoms with Crippen molar-refractivity contribution in [3.8, 4) is 22.5 Å². The van der Waals surface area contributed by atoms with E-state index >= 15 is 0 Å². The Labute approximate surface area is 270 Å². The normalized spacial score (nSPS) is 11.0. The molecule has 0 spiro atoms. The Kier molecular flexibility index (Phi) is 8.65. The van der Waals surface area contributed by atoms with E-state index < -0.39 is 0 Å². The van der Waals surface area contributed by atoms with Crippen LogP contribution in [0.15, 0.2) is 97.6 Å². The first-order valence-electron chi connectivity index (χ1n) is 12.8. The van der Waals surface area contributed by atoms with Gasteiger partial charge in [-0.25, -0.2) is 14.5 Å². The van der Waals surface area contributed by atoms with Crippen LogP contribution in [0.3, 0.4) is 0 Å². The van der Waals surface area contributed by atoms with Crippen LogP contribution in [0.4, 0.5) is 5.82 Å². The minimum Gasteiger partial charge on any atom is -0.366 e. The molecule has 0 aliphatic heterocycles. The summed E-state index contributed by atoms with van der Waals surface area (Å²) in [6.07, 6.45) is 6.88. The van der Waals surface area contributed by atoms with Crippen LogP contribution in [0.2, 0.25) is 25.2 Å². The Bertz CT molecular complexity index is 2060. The van der Waals surface area contributed by atoms with Crippen molar-refractivity contribution in [1.82, 2.24) is 34.2 Å². The average molecular weight is 669 g/mol. The summed E-state index contributed by atoms with van der Waals surface area (Å²) in [6, 6.07) is 22.1. The summed E-state index contributed by atoms with van der Waals surface area (Å²) in [4.78, 5) is 13.1. The lowest BCUT2D eigenvalue weighted by Gasteiger charge is -2.12. The smallest absolute Gasteiger partial charge is 0.157 e. The zero-order valence-electron chi connectivity index (χ0n) is 22.0. The molecule has 0 aliphatic rings. The quantitative estimate of drug-likeness (QED) is 0.184. The maximum absolute atomic E-state index is 6.36. The Hall–Kier alpha value is -3.92. The molecular formula is C30H19Cl5N8. The predicted octanol–water partition coefficient (Wildman–Crippen LogP) is 9.07. The average Bonchev–Trinajstić information content (AvgIpc) is 3.70. The highest BCUT2D eigenvalue weighted by atomic mass is 35.5. The second-order valence-corrected chi connectivity index (χ2v) is 11.1. The Morgan fingerprint density at radius 3 is 1.79 bits per heavy atom. The van der Waals surface area contributed by atoms with Gasteiger partial charge in [-0.1, -0.05) is 82.3 Å². The van der Waals surface area contributed by atoms with Gasteiger partial charge in [-0.3, -0.25) is 4.98 Å². The fourth-order valence-corrected chi connectivity index (χ4v) is 5.31. The first-order chi connectivity index (χ1) is 20.9. The van der Waals surface area contributed by atoms with Gasteiger partial charge in [0.05, 0.1) is 43.9 Å². The summed E-state index contributed by atoms with van der Waals surface area (Å²) in [6.45, 7) is 0.643. The third kappa shape index (κ3) is 6.25. The van der Waals surface area contributed by atoms with Crippen LogP contribution in [0.5, 0.6) is 0 Å². The van der Waals surface area contributed by atoms with Gasteiger partial charge in [0.2, 0.25) is 0 Å². The lowest BCUT2D eigenvalue weighted by Crippen LogP contribution is -2.06. The molecule has 7 rings (SSSR count). The molecule has 7 aromatic rings. The van der Waals surface area contributed by atoms with Crippen LogP contribution >= 0.6 is 58.0 Å². The van der Waals surface area contributed by atoms with Gasteiger partial charge >= 0.3 is 0 Å². The molecule has 0 saturated carbocycles. The van der Waals surface area contributed by atoms with Crippen molar-refractivity contribution in [2.45, 2.75) is 6.54 Å². The number of fused-ring (bicyclic) bond motifs is 2. The molecular weight excluding hydrogens is 650 g/mol. The summed E-state index contributed by atoms with van der Waals surface area (Å²) in [5, 5.41) is 14.2. The zero-order valence-corrected chi connectivity index (χ0v) is 25.7. The number of anilines is 1. The molecule has 2 aromatic carbocycles. The topological polar surface area (TPSA) is 85.3 Å². The predicted molar refractivity (Wildman–Crippen MR) is 173 cm³/mol. The fraction of sp³-hybridized carbons (Fsp3) is 0.0333. The molecule has 0 unspecified atom stereocenters. The van der Waals surface area contributed by atoms with Crippen LogP contribution in [0.1, 0.15) is 5.56 Å². The molecule has 0 aliphatic carbocycles. The molecule has 0 atom stereocenters. The summed E-state index contributed by atoms with van der Waals surface area (Å²) in [7, 11) is 0. The maximum atomic E-state index is 6.36. The first-order valence-corrected chi connectivity index (χ1v) is 14.6. The van der Waals surface area contributed by atoms with E-state index in [-0.39, 0.29) is 0 Å². The minimum atomic E-state index is 0.464. The van der Waals surface area contributed by atoms with Crippen molar-refractivity contribution in [3.05, 3.63) is 128 Å². The van der Waals surface area contributed by atoms with Gasteiger partial charge in [-0.05, 0) is 29.8 Å². The van der Waals surface area contributed by atoms with Crippen LogP contribution in [0, 0.1) is 0 Å². The van der Waals surface area contributed by atoms with Gasteiger partial charge in [-0.15, -0.1) is 0 Å². The van der Waals surface area contributed by atoms with Crippen molar-refractivity contribution < 1.29 is 0 Å². The Balaban J connectivity index is 0.000000162. The standard InChI is InChI=1S/C18H13Cl2N5.C12H6Cl3N3/c19-14-3-1-2-13(18(14)20)15-10-17(25-16(24-15)6-9-23-25)22-11-12-4-7-21-8-5-12;13-8-3-1-2-7(12(8)15)9-6-10(14)18-11(17-9)4-5-16-18/h1-10,22H,11H2;1-6H. The SMILES string of the molecule is Clc1cccc(-c2cc(Cl)n3nccc3n2)c1Cl.Clc1cccc(-c2cc(NCc3ccncc3)n3nccc3n2)c1Cl. The van der Waals surface area contributed by atoms with Gasteiger partial charge in [0.25, 0.3) is 0 Å². The number of nitrogens with one attached hydrogen (secondary N) is 1. The van der Waals surface area contributed by atoms with Crippen LogP contribution < -0.4 is 5.32 Å². The number of halogens is 5. The third-order valence-electron chi connectivity index (χ3n) is 6.35. The molecule has 0 amide bonds. The van der Waals surface area contributed by atoms with Crippen molar-refractivity contribution in [2.24, 2.45) is 0 Å². The Morgan fingerprint density at radius 2 is 1.16 bits per heavy atom. The van der Waals surface area contributed by atoms with Gasteiger partial charge < -0.3 is 5.32 Å². The van der Waals surface area contributed by atoms with Crippen molar-refractivity contribution in [1.29, 1.82) is 0 Å². The highest BCUT2D eigenvalue weighted by Crippen LogP contribution is 2.35. The fourth-order valence-electron chi connectivity index (χ4n) is 4.29.